The van der Waals surface area contributed by atoms with E-state index in [0.29, 0.717) is 12.4 Å². The molecular weight excluding hydrogens is 292 g/mol. The van der Waals surface area contributed by atoms with Crippen molar-refractivity contribution in [3.63, 3.8) is 0 Å². The lowest BCUT2D eigenvalue weighted by molar-refractivity contribution is -0.404. The van der Waals surface area contributed by atoms with E-state index in [1.807, 2.05) is 26.2 Å². The second-order valence-electron chi connectivity index (χ2n) is 4.66. The molecule has 0 saturated carbocycles. The van der Waals surface area contributed by atoms with E-state index >= 15 is 0 Å². The highest BCUT2D eigenvalue weighted by Gasteiger charge is 2.04. The molecule has 7 nitrogen and oxygen atoms in total. The van der Waals surface area contributed by atoms with Crippen molar-refractivity contribution in [3.8, 4) is 0 Å². The van der Waals surface area contributed by atoms with Gasteiger partial charge in [-0.05, 0) is 26.2 Å². The molecule has 122 valence electrons. The van der Waals surface area contributed by atoms with Crippen LogP contribution in [0.5, 0.6) is 0 Å². The van der Waals surface area contributed by atoms with Gasteiger partial charge in [0.25, 0.3) is 6.20 Å². The molecule has 1 aromatic heterocycles. The van der Waals surface area contributed by atoms with E-state index in [9.17, 15) is 10.1 Å². The van der Waals surface area contributed by atoms with E-state index in [0.717, 1.165) is 35.8 Å². The number of rotatable bonds is 10. The fourth-order valence-electron chi connectivity index (χ4n) is 1.63. The van der Waals surface area contributed by atoms with Crippen molar-refractivity contribution >= 4 is 11.8 Å². The largest absolute Gasteiger partial charge is 0.464 e. The van der Waals surface area contributed by atoms with Crippen LogP contribution < -0.4 is 10.6 Å². The van der Waals surface area contributed by atoms with Crippen molar-refractivity contribution in [2.45, 2.75) is 12.3 Å². The van der Waals surface area contributed by atoms with Crippen LogP contribution in [-0.4, -0.2) is 43.3 Å². The molecule has 1 aromatic rings. The van der Waals surface area contributed by atoms with Crippen LogP contribution in [0.25, 0.3) is 0 Å². The molecular formula is C13H26N4O3S. The Morgan fingerprint density at radius 3 is 2.86 bits per heavy atom. The summed E-state index contributed by atoms with van der Waals surface area (Å²) in [6, 6.07) is 3.98. The first-order chi connectivity index (χ1) is 10.0. The minimum absolute atomic E-state index is 0. The number of furan rings is 1. The van der Waals surface area contributed by atoms with E-state index in [2.05, 4.69) is 15.5 Å². The van der Waals surface area contributed by atoms with Gasteiger partial charge in [-0.25, -0.2) is 0 Å². The van der Waals surface area contributed by atoms with Crippen LogP contribution >= 0.6 is 11.8 Å². The second kappa shape index (κ2) is 9.30. The lowest BCUT2D eigenvalue weighted by Gasteiger charge is -2.07. The topological polar surface area (TPSA) is 83.6 Å². The van der Waals surface area contributed by atoms with Gasteiger partial charge in [-0.3, -0.25) is 10.1 Å². The van der Waals surface area contributed by atoms with Crippen molar-refractivity contribution < 1.29 is 12.2 Å². The van der Waals surface area contributed by atoms with Gasteiger partial charge in [0, 0.05) is 22.2 Å². The van der Waals surface area contributed by atoms with Crippen LogP contribution in [0.1, 0.15) is 14.4 Å². The number of nitro groups is 1. The summed E-state index contributed by atoms with van der Waals surface area (Å²) >= 11 is 1.72. The van der Waals surface area contributed by atoms with Crippen LogP contribution in [0.15, 0.2) is 28.6 Å². The number of hydrogen-bond acceptors (Lipinski definition) is 7. The highest BCUT2D eigenvalue weighted by Crippen LogP contribution is 2.15. The zero-order valence-electron chi connectivity index (χ0n) is 12.6. The molecule has 21 heavy (non-hydrogen) atoms. The predicted molar refractivity (Wildman–Crippen MR) is 88.6 cm³/mol. The van der Waals surface area contributed by atoms with Gasteiger partial charge in [-0.15, -0.1) is 0 Å². The molecule has 0 radical (unpaired) electrons. The minimum atomic E-state index is -0.485. The van der Waals surface area contributed by atoms with Gasteiger partial charge >= 0.3 is 0 Å². The molecule has 1 rings (SSSR count). The minimum Gasteiger partial charge on any atom is -0.464 e. The summed E-state index contributed by atoms with van der Waals surface area (Å²) in [7, 11) is 5.64. The molecule has 1 heterocycles. The van der Waals surface area contributed by atoms with Gasteiger partial charge in [0.15, 0.2) is 5.82 Å². The standard InChI is InChI=1S/C13H22N4O3S.2H2/c1-14-13(9-17(18)19)15-6-7-21-10-12-5-4-11(20-12)8-16(2)3;;/h4-5,9,14-15H,6-8,10H2,1-3H3;2*1H/b13-9+;;. The highest BCUT2D eigenvalue weighted by molar-refractivity contribution is 7.98. The molecule has 0 saturated heterocycles. The number of nitrogens with zero attached hydrogens (tertiary/aromatic N) is 2. The summed E-state index contributed by atoms with van der Waals surface area (Å²) in [5, 5.41) is 16.1. The van der Waals surface area contributed by atoms with E-state index in [1.54, 1.807) is 18.8 Å². The Hall–Kier alpha value is -1.67. The van der Waals surface area contributed by atoms with Crippen molar-refractivity contribution in [2.75, 3.05) is 33.4 Å². The quantitative estimate of drug-likeness (QED) is 0.387. The molecule has 0 spiro atoms. The lowest BCUT2D eigenvalue weighted by atomic mass is 10.4. The van der Waals surface area contributed by atoms with Crippen molar-refractivity contribution in [1.82, 2.24) is 15.5 Å². The SMILES string of the molecule is CN/C(=C\[N+](=O)[O-])NCCSCc1ccc(CN(C)C)o1.[HH].[HH]. The van der Waals surface area contributed by atoms with Gasteiger partial charge in [0.1, 0.15) is 11.5 Å². The van der Waals surface area contributed by atoms with Crippen molar-refractivity contribution in [2.24, 2.45) is 0 Å². The molecule has 0 amide bonds. The predicted octanol–water partition coefficient (Wildman–Crippen LogP) is 1.95. The number of nitrogens with one attached hydrogen (secondary N) is 2. The molecule has 8 heteroatoms. The number of hydrogen-bond donors (Lipinski definition) is 2. The molecule has 0 unspecified atom stereocenters. The first-order valence-corrected chi connectivity index (χ1v) is 7.73. The maximum Gasteiger partial charge on any atom is 0.274 e. The molecule has 0 atom stereocenters. The summed E-state index contributed by atoms with van der Waals surface area (Å²) in [5.41, 5.74) is 0. The zero-order valence-corrected chi connectivity index (χ0v) is 13.4. The molecule has 0 fully saturated rings. The lowest BCUT2D eigenvalue weighted by Crippen LogP contribution is -2.26. The second-order valence-corrected chi connectivity index (χ2v) is 5.77. The van der Waals surface area contributed by atoms with Crippen molar-refractivity contribution in [3.05, 3.63) is 45.8 Å². The summed E-state index contributed by atoms with van der Waals surface area (Å²) in [6.07, 6.45) is 0.921. The third-order valence-corrected chi connectivity index (χ3v) is 3.48. The smallest absolute Gasteiger partial charge is 0.274 e. The monoisotopic (exact) mass is 318 g/mol. The number of thioether (sulfide) groups is 1. The van der Waals surface area contributed by atoms with E-state index in [1.165, 1.54) is 0 Å². The summed E-state index contributed by atoms with van der Waals surface area (Å²) < 4.78 is 5.70. The Morgan fingerprint density at radius 1 is 1.52 bits per heavy atom. The maximum absolute atomic E-state index is 10.3. The van der Waals surface area contributed by atoms with Crippen LogP contribution in [0, 0.1) is 10.1 Å². The van der Waals surface area contributed by atoms with E-state index in [4.69, 9.17) is 4.42 Å². The normalized spacial score (nSPS) is 11.7. The van der Waals surface area contributed by atoms with E-state index < -0.39 is 4.92 Å². The molecule has 2 N–H and O–H groups in total. The fraction of sp³-hybridized carbons (Fsp3) is 0.538. The molecule has 0 aromatic carbocycles. The molecule has 0 aliphatic heterocycles. The fourth-order valence-corrected chi connectivity index (χ4v) is 2.38. The molecule has 0 aliphatic carbocycles. The summed E-state index contributed by atoms with van der Waals surface area (Å²) in [5.74, 6) is 3.95. The van der Waals surface area contributed by atoms with Crippen LogP contribution in [0.4, 0.5) is 0 Å². The van der Waals surface area contributed by atoms with Gasteiger partial charge in [0.2, 0.25) is 0 Å². The van der Waals surface area contributed by atoms with Crippen LogP contribution in [0.2, 0.25) is 0 Å². The first kappa shape index (κ1) is 17.4. The zero-order chi connectivity index (χ0) is 15.7. The molecule has 0 bridgehead atoms. The summed E-state index contributed by atoms with van der Waals surface area (Å²) in [4.78, 5) is 11.9. The van der Waals surface area contributed by atoms with Gasteiger partial charge in [-0.2, -0.15) is 11.8 Å². The van der Waals surface area contributed by atoms with Gasteiger partial charge < -0.3 is 20.0 Å². The van der Waals surface area contributed by atoms with E-state index in [-0.39, 0.29) is 2.85 Å². The Balaban J connectivity index is 0. The Labute approximate surface area is 131 Å². The first-order valence-electron chi connectivity index (χ1n) is 6.58. The third-order valence-electron chi connectivity index (χ3n) is 2.50. The average Bonchev–Trinajstić information content (AvgIpc) is 2.83. The highest BCUT2D eigenvalue weighted by atomic mass is 32.2. The summed E-state index contributed by atoms with van der Waals surface area (Å²) in [6.45, 7) is 1.44. The maximum atomic E-state index is 10.3. The third kappa shape index (κ3) is 7.62. The molecule has 0 aliphatic rings. The van der Waals surface area contributed by atoms with Gasteiger partial charge in [-0.1, -0.05) is 0 Å². The van der Waals surface area contributed by atoms with Crippen molar-refractivity contribution in [1.29, 1.82) is 0 Å². The Morgan fingerprint density at radius 2 is 2.24 bits per heavy atom. The Kier molecular flexibility index (Phi) is 7.70. The Bertz CT molecular complexity index is 484. The van der Waals surface area contributed by atoms with Crippen LogP contribution in [-0.2, 0) is 12.3 Å². The van der Waals surface area contributed by atoms with Crippen LogP contribution in [0.3, 0.4) is 0 Å². The average molecular weight is 318 g/mol. The van der Waals surface area contributed by atoms with Gasteiger partial charge in [0.05, 0.1) is 17.2 Å².